The fourth-order valence-corrected chi connectivity index (χ4v) is 4.90. The second-order valence-corrected chi connectivity index (χ2v) is 10.1. The number of hydrogen-bond acceptors (Lipinski definition) is 4. The summed E-state index contributed by atoms with van der Waals surface area (Å²) in [6, 6.07) is 17.1. The number of hydrogen-bond donors (Lipinski definition) is 1. The standard InChI is InChI=1S/C24H32N2O4S/c1-19(2)30-23-12-10-22(11-13-23)25-31(28,29)18-24(27)26-16-14-21(15-17-26)9-8-20-6-4-3-5-7-20/h3-7,10-13,19,21,25H,8-9,14-18H2,1-2H3. The average Bonchev–Trinajstić information content (AvgIpc) is 2.74. The molecule has 0 aliphatic carbocycles. The van der Waals surface area contributed by atoms with E-state index in [0.717, 1.165) is 25.7 Å². The van der Waals surface area contributed by atoms with Gasteiger partial charge in [-0.2, -0.15) is 0 Å². The molecule has 1 N–H and O–H groups in total. The van der Waals surface area contributed by atoms with Gasteiger partial charge in [-0.05, 0) is 75.3 Å². The lowest BCUT2D eigenvalue weighted by Crippen LogP contribution is -2.42. The van der Waals surface area contributed by atoms with Gasteiger partial charge in [0.15, 0.2) is 0 Å². The van der Waals surface area contributed by atoms with Crippen molar-refractivity contribution in [1.29, 1.82) is 0 Å². The number of nitrogens with zero attached hydrogens (tertiary/aromatic N) is 1. The lowest BCUT2D eigenvalue weighted by Gasteiger charge is -2.32. The molecule has 0 radical (unpaired) electrons. The minimum atomic E-state index is -3.76. The average molecular weight is 445 g/mol. The van der Waals surface area contributed by atoms with Gasteiger partial charge < -0.3 is 9.64 Å². The summed E-state index contributed by atoms with van der Waals surface area (Å²) >= 11 is 0. The molecule has 1 aliphatic heterocycles. The fourth-order valence-electron chi connectivity index (χ4n) is 3.83. The first-order valence-corrected chi connectivity index (χ1v) is 12.5. The molecule has 1 aliphatic rings. The monoisotopic (exact) mass is 444 g/mol. The number of amides is 1. The summed E-state index contributed by atoms with van der Waals surface area (Å²) < 4.78 is 32.9. The van der Waals surface area contributed by atoms with E-state index in [1.807, 2.05) is 19.9 Å². The predicted octanol–water partition coefficient (Wildman–Crippen LogP) is 4.09. The largest absolute Gasteiger partial charge is 0.491 e. The molecule has 0 spiro atoms. The maximum absolute atomic E-state index is 12.6. The second-order valence-electron chi connectivity index (χ2n) is 8.40. The minimum Gasteiger partial charge on any atom is -0.491 e. The molecule has 7 heteroatoms. The van der Waals surface area contributed by atoms with Crippen LogP contribution in [0.2, 0.25) is 0 Å². The molecule has 6 nitrogen and oxygen atoms in total. The fraction of sp³-hybridized carbons (Fsp3) is 0.458. The number of aryl methyl sites for hydroxylation is 1. The molecule has 1 amide bonds. The Morgan fingerprint density at radius 1 is 1.06 bits per heavy atom. The SMILES string of the molecule is CC(C)Oc1ccc(NS(=O)(=O)CC(=O)N2CCC(CCc3ccccc3)CC2)cc1. The van der Waals surface area contributed by atoms with Crippen LogP contribution >= 0.6 is 0 Å². The molecule has 0 aromatic heterocycles. The van der Waals surface area contributed by atoms with E-state index in [9.17, 15) is 13.2 Å². The van der Waals surface area contributed by atoms with Crippen molar-refractivity contribution in [3.05, 3.63) is 60.2 Å². The first kappa shape index (κ1) is 23.1. The zero-order chi connectivity index (χ0) is 22.3. The number of piperidine rings is 1. The Morgan fingerprint density at radius 3 is 2.32 bits per heavy atom. The smallest absolute Gasteiger partial charge is 0.241 e. The molecule has 0 atom stereocenters. The van der Waals surface area contributed by atoms with Crippen molar-refractivity contribution in [3.8, 4) is 5.75 Å². The molecule has 1 fully saturated rings. The van der Waals surface area contributed by atoms with Gasteiger partial charge >= 0.3 is 0 Å². The lowest BCUT2D eigenvalue weighted by molar-refractivity contribution is -0.129. The molecule has 168 valence electrons. The Hall–Kier alpha value is -2.54. The van der Waals surface area contributed by atoms with Gasteiger partial charge in [-0.3, -0.25) is 9.52 Å². The molecule has 2 aromatic carbocycles. The van der Waals surface area contributed by atoms with Crippen molar-refractivity contribution < 1.29 is 17.9 Å². The van der Waals surface area contributed by atoms with Crippen LogP contribution < -0.4 is 9.46 Å². The van der Waals surface area contributed by atoms with E-state index in [1.165, 1.54) is 5.56 Å². The molecule has 1 heterocycles. The summed E-state index contributed by atoms with van der Waals surface area (Å²) in [6.07, 6.45) is 4.02. The molecule has 2 aromatic rings. The maximum atomic E-state index is 12.6. The predicted molar refractivity (Wildman–Crippen MR) is 124 cm³/mol. The van der Waals surface area contributed by atoms with Crippen molar-refractivity contribution in [1.82, 2.24) is 4.90 Å². The van der Waals surface area contributed by atoms with Gasteiger partial charge in [0, 0.05) is 18.8 Å². The van der Waals surface area contributed by atoms with E-state index in [1.54, 1.807) is 29.2 Å². The van der Waals surface area contributed by atoms with Crippen molar-refractivity contribution >= 4 is 21.6 Å². The van der Waals surface area contributed by atoms with E-state index in [0.29, 0.717) is 30.4 Å². The van der Waals surface area contributed by atoms with Crippen molar-refractivity contribution in [2.75, 3.05) is 23.6 Å². The third-order valence-electron chi connectivity index (χ3n) is 5.46. The Morgan fingerprint density at radius 2 is 1.71 bits per heavy atom. The highest BCUT2D eigenvalue weighted by molar-refractivity contribution is 7.93. The first-order chi connectivity index (χ1) is 14.8. The van der Waals surface area contributed by atoms with E-state index >= 15 is 0 Å². The highest BCUT2D eigenvalue weighted by atomic mass is 32.2. The number of ether oxygens (including phenoxy) is 1. The van der Waals surface area contributed by atoms with E-state index in [4.69, 9.17) is 4.74 Å². The second kappa shape index (κ2) is 10.7. The number of likely N-dealkylation sites (tertiary alicyclic amines) is 1. The van der Waals surface area contributed by atoms with E-state index < -0.39 is 15.8 Å². The van der Waals surface area contributed by atoms with Gasteiger partial charge in [0.1, 0.15) is 11.5 Å². The zero-order valence-electron chi connectivity index (χ0n) is 18.3. The van der Waals surface area contributed by atoms with Crippen LogP contribution in [0.15, 0.2) is 54.6 Å². The number of carbonyl (C=O) groups is 1. The third-order valence-corrected chi connectivity index (χ3v) is 6.64. The van der Waals surface area contributed by atoms with Crippen LogP contribution in [0.1, 0.15) is 38.7 Å². The van der Waals surface area contributed by atoms with Crippen LogP contribution in [0.3, 0.4) is 0 Å². The molecular weight excluding hydrogens is 412 g/mol. The van der Waals surface area contributed by atoms with Crippen LogP contribution in [0.25, 0.3) is 0 Å². The number of rotatable bonds is 9. The Labute approximate surface area is 185 Å². The summed E-state index contributed by atoms with van der Waals surface area (Å²) in [4.78, 5) is 14.2. The van der Waals surface area contributed by atoms with Crippen LogP contribution in [0, 0.1) is 5.92 Å². The Balaban J connectivity index is 1.44. The van der Waals surface area contributed by atoms with Gasteiger partial charge in [0.25, 0.3) is 0 Å². The van der Waals surface area contributed by atoms with Gasteiger partial charge in [0.2, 0.25) is 15.9 Å². The summed E-state index contributed by atoms with van der Waals surface area (Å²) in [5.74, 6) is 0.370. The number of sulfonamides is 1. The molecule has 3 rings (SSSR count). The topological polar surface area (TPSA) is 75.7 Å². The normalized spacial score (nSPS) is 15.1. The number of carbonyl (C=O) groups excluding carboxylic acids is 1. The first-order valence-electron chi connectivity index (χ1n) is 10.9. The highest BCUT2D eigenvalue weighted by Crippen LogP contribution is 2.23. The van der Waals surface area contributed by atoms with Gasteiger partial charge in [0.05, 0.1) is 6.10 Å². The van der Waals surface area contributed by atoms with E-state index in [-0.39, 0.29) is 12.0 Å². The van der Waals surface area contributed by atoms with Crippen LogP contribution in [-0.2, 0) is 21.2 Å². The Bertz CT molecular complexity index is 935. The number of anilines is 1. The molecule has 0 saturated carbocycles. The molecule has 1 saturated heterocycles. The van der Waals surface area contributed by atoms with Crippen molar-refractivity contribution in [3.63, 3.8) is 0 Å². The number of benzene rings is 2. The number of nitrogens with one attached hydrogen (secondary N) is 1. The summed E-state index contributed by atoms with van der Waals surface area (Å²) in [7, 11) is -3.76. The van der Waals surface area contributed by atoms with Crippen LogP contribution in [-0.4, -0.2) is 44.2 Å². The molecule has 0 bridgehead atoms. The van der Waals surface area contributed by atoms with E-state index in [2.05, 4.69) is 29.0 Å². The molecule has 0 unspecified atom stereocenters. The van der Waals surface area contributed by atoms with Gasteiger partial charge in [-0.1, -0.05) is 30.3 Å². The third kappa shape index (κ3) is 7.58. The van der Waals surface area contributed by atoms with Crippen LogP contribution in [0.5, 0.6) is 5.75 Å². The zero-order valence-corrected chi connectivity index (χ0v) is 19.1. The van der Waals surface area contributed by atoms with Crippen LogP contribution in [0.4, 0.5) is 5.69 Å². The summed E-state index contributed by atoms with van der Waals surface area (Å²) in [5, 5.41) is 0. The minimum absolute atomic E-state index is 0.0441. The van der Waals surface area contributed by atoms with Crippen molar-refractivity contribution in [2.45, 2.75) is 45.6 Å². The highest BCUT2D eigenvalue weighted by Gasteiger charge is 2.26. The van der Waals surface area contributed by atoms with Gasteiger partial charge in [-0.25, -0.2) is 8.42 Å². The van der Waals surface area contributed by atoms with Crippen molar-refractivity contribution in [2.24, 2.45) is 5.92 Å². The Kier molecular flexibility index (Phi) is 7.96. The summed E-state index contributed by atoms with van der Waals surface area (Å²) in [5.41, 5.74) is 1.76. The van der Waals surface area contributed by atoms with Gasteiger partial charge in [-0.15, -0.1) is 0 Å². The molecule has 31 heavy (non-hydrogen) atoms. The quantitative estimate of drug-likeness (QED) is 0.632. The lowest BCUT2D eigenvalue weighted by atomic mass is 9.90. The molecular formula is C24H32N2O4S. The maximum Gasteiger partial charge on any atom is 0.241 e. The summed E-state index contributed by atoms with van der Waals surface area (Å²) in [6.45, 7) is 5.09.